The lowest BCUT2D eigenvalue weighted by Gasteiger charge is -2.21. The molecule has 0 fully saturated rings. The van der Waals surface area contributed by atoms with Gasteiger partial charge in [-0.3, -0.25) is 4.79 Å². The van der Waals surface area contributed by atoms with Crippen LogP contribution in [0.5, 0.6) is 0 Å². The number of hydrogen-bond donors (Lipinski definition) is 3. The van der Waals surface area contributed by atoms with E-state index in [9.17, 15) is 4.79 Å². The Labute approximate surface area is 111 Å². The molecule has 0 aliphatic carbocycles. The molecule has 0 spiro atoms. The Morgan fingerprint density at radius 2 is 1.44 bits per heavy atom. The second kappa shape index (κ2) is 8.48. The van der Waals surface area contributed by atoms with Crippen LogP contribution in [0.1, 0.15) is 54.4 Å². The number of aliphatic carboxylic acids is 1. The first-order valence-electron chi connectivity index (χ1n) is 6.37. The van der Waals surface area contributed by atoms with Gasteiger partial charge < -0.3 is 15.3 Å². The minimum absolute atomic E-state index is 0.0451. The molecule has 0 aromatic heterocycles. The second-order valence-electron chi connectivity index (χ2n) is 6.95. The van der Waals surface area contributed by atoms with Crippen LogP contribution >= 0.6 is 0 Å². The molecule has 0 saturated heterocycles. The number of hydrogen-bond acceptors (Lipinski definition) is 3. The first kappa shape index (κ1) is 19.7. The molecule has 0 radical (unpaired) electrons. The first-order valence-corrected chi connectivity index (χ1v) is 6.37. The fraction of sp³-hybridized carbons (Fsp3) is 0.929. The van der Waals surface area contributed by atoms with E-state index < -0.39 is 5.97 Å². The van der Waals surface area contributed by atoms with Crippen molar-refractivity contribution in [3.8, 4) is 0 Å². The first-order chi connectivity index (χ1) is 7.93. The molecule has 3 N–H and O–H groups in total. The van der Waals surface area contributed by atoms with Crippen molar-refractivity contribution in [1.82, 2.24) is 0 Å². The molecule has 0 bridgehead atoms. The molecule has 0 aliphatic heterocycles. The summed E-state index contributed by atoms with van der Waals surface area (Å²) in [4.78, 5) is 10.3. The van der Waals surface area contributed by atoms with Crippen molar-refractivity contribution in [3.05, 3.63) is 0 Å². The number of carbonyl (C=O) groups is 1. The largest absolute Gasteiger partial charge is 0.481 e. The van der Waals surface area contributed by atoms with E-state index in [1.54, 1.807) is 13.8 Å². The van der Waals surface area contributed by atoms with Crippen LogP contribution < -0.4 is 0 Å². The van der Waals surface area contributed by atoms with Gasteiger partial charge in [0.15, 0.2) is 0 Å². The highest BCUT2D eigenvalue weighted by atomic mass is 16.4. The monoisotopic (exact) mass is 262 g/mol. The minimum atomic E-state index is -0.693. The highest BCUT2D eigenvalue weighted by Crippen LogP contribution is 2.25. The van der Waals surface area contributed by atoms with Gasteiger partial charge in [0.1, 0.15) is 0 Å². The maximum Gasteiger partial charge on any atom is 0.303 e. The fourth-order valence-corrected chi connectivity index (χ4v) is 1.47. The van der Waals surface area contributed by atoms with Crippen molar-refractivity contribution < 1.29 is 20.1 Å². The molecule has 4 nitrogen and oxygen atoms in total. The molecular weight excluding hydrogens is 232 g/mol. The zero-order valence-corrected chi connectivity index (χ0v) is 12.7. The van der Waals surface area contributed by atoms with Crippen LogP contribution in [0, 0.1) is 16.7 Å². The predicted octanol–water partition coefficient (Wildman–Crippen LogP) is 2.53. The normalized spacial score (nSPS) is 13.6. The van der Waals surface area contributed by atoms with Gasteiger partial charge in [-0.15, -0.1) is 0 Å². The van der Waals surface area contributed by atoms with Crippen LogP contribution in [0.25, 0.3) is 0 Å². The summed E-state index contributed by atoms with van der Waals surface area (Å²) in [5.74, 6) is -0.408. The number of rotatable bonds is 5. The van der Waals surface area contributed by atoms with Crippen LogP contribution in [-0.2, 0) is 4.79 Å². The Balaban J connectivity index is 0. The van der Waals surface area contributed by atoms with Crippen molar-refractivity contribution in [2.24, 2.45) is 16.7 Å². The van der Waals surface area contributed by atoms with Gasteiger partial charge in [-0.25, -0.2) is 0 Å². The van der Waals surface area contributed by atoms with Crippen molar-refractivity contribution in [3.63, 3.8) is 0 Å². The summed E-state index contributed by atoms with van der Waals surface area (Å²) in [6.45, 7) is 12.1. The molecular formula is C14H30O4. The quantitative estimate of drug-likeness (QED) is 0.711. The van der Waals surface area contributed by atoms with E-state index in [-0.39, 0.29) is 36.4 Å². The van der Waals surface area contributed by atoms with Crippen molar-refractivity contribution >= 4 is 5.97 Å². The van der Waals surface area contributed by atoms with E-state index in [4.69, 9.17) is 15.3 Å². The zero-order chi connectivity index (χ0) is 15.0. The number of carboxylic acid groups (broad SMARTS) is 1. The molecule has 1 unspecified atom stereocenters. The zero-order valence-electron chi connectivity index (χ0n) is 12.7. The molecule has 1 atom stereocenters. The average molecular weight is 262 g/mol. The molecule has 0 saturated carbocycles. The summed E-state index contributed by atoms with van der Waals surface area (Å²) in [6, 6.07) is 0. The summed E-state index contributed by atoms with van der Waals surface area (Å²) in [6.07, 6.45) is 1.26. The summed E-state index contributed by atoms with van der Waals surface area (Å²) >= 11 is 0. The Morgan fingerprint density at radius 3 is 1.61 bits per heavy atom. The Hall–Kier alpha value is -0.610. The van der Waals surface area contributed by atoms with Gasteiger partial charge in [0, 0.05) is 11.8 Å². The lowest BCUT2D eigenvalue weighted by molar-refractivity contribution is -0.138. The van der Waals surface area contributed by atoms with Crippen molar-refractivity contribution in [2.75, 3.05) is 13.2 Å². The molecule has 0 aromatic carbocycles. The Morgan fingerprint density at radius 1 is 1.06 bits per heavy atom. The number of carboxylic acids is 1. The van der Waals surface area contributed by atoms with E-state index in [1.807, 2.05) is 6.92 Å². The smallest absolute Gasteiger partial charge is 0.303 e. The molecule has 0 rings (SSSR count). The topological polar surface area (TPSA) is 77.8 Å². The standard InChI is InChI=1S/C9H18O2.C5H12O2/c1-7(5-8(10)11)6-9(2,3)4;1-5(2,3-6)4-7/h7H,5-6H2,1-4H3,(H,10,11);6-7H,3-4H2,1-2H3. The molecule has 110 valence electrons. The third-order valence-electron chi connectivity index (χ3n) is 2.34. The molecule has 18 heavy (non-hydrogen) atoms. The third-order valence-corrected chi connectivity index (χ3v) is 2.34. The third kappa shape index (κ3) is 15.4. The van der Waals surface area contributed by atoms with E-state index in [1.165, 1.54) is 0 Å². The average Bonchev–Trinajstić information content (AvgIpc) is 2.14. The lowest BCUT2D eigenvalue weighted by Crippen LogP contribution is -2.20. The van der Waals surface area contributed by atoms with Crippen LogP contribution in [0.2, 0.25) is 0 Å². The summed E-state index contributed by atoms with van der Waals surface area (Å²) in [5.41, 5.74) is -0.0606. The van der Waals surface area contributed by atoms with Gasteiger partial charge in [-0.1, -0.05) is 41.5 Å². The summed E-state index contributed by atoms with van der Waals surface area (Å²) in [5, 5.41) is 25.3. The maximum atomic E-state index is 10.3. The van der Waals surface area contributed by atoms with Gasteiger partial charge in [0.2, 0.25) is 0 Å². The molecule has 0 aliphatic rings. The Kier molecular flexibility index (Phi) is 9.30. The van der Waals surface area contributed by atoms with Gasteiger partial charge >= 0.3 is 5.97 Å². The van der Waals surface area contributed by atoms with Crippen LogP contribution in [0.15, 0.2) is 0 Å². The SMILES string of the molecule is CC(C)(CO)CO.CC(CC(=O)O)CC(C)(C)C. The van der Waals surface area contributed by atoms with Crippen molar-refractivity contribution in [1.29, 1.82) is 0 Å². The van der Waals surface area contributed by atoms with Crippen LogP contribution in [0.4, 0.5) is 0 Å². The Bertz CT molecular complexity index is 222. The van der Waals surface area contributed by atoms with E-state index >= 15 is 0 Å². The van der Waals surface area contributed by atoms with Crippen LogP contribution in [0.3, 0.4) is 0 Å². The number of aliphatic hydroxyl groups excluding tert-OH is 2. The van der Waals surface area contributed by atoms with Gasteiger partial charge in [0.25, 0.3) is 0 Å². The molecule has 0 amide bonds. The van der Waals surface area contributed by atoms with E-state index in [0.29, 0.717) is 0 Å². The summed E-state index contributed by atoms with van der Waals surface area (Å²) < 4.78 is 0. The van der Waals surface area contributed by atoms with E-state index in [2.05, 4.69) is 20.8 Å². The predicted molar refractivity (Wildman–Crippen MR) is 73.4 cm³/mol. The summed E-state index contributed by atoms with van der Waals surface area (Å²) in [7, 11) is 0. The maximum absolute atomic E-state index is 10.3. The van der Waals surface area contributed by atoms with Gasteiger partial charge in [-0.05, 0) is 17.8 Å². The van der Waals surface area contributed by atoms with Crippen molar-refractivity contribution in [2.45, 2.75) is 54.4 Å². The van der Waals surface area contributed by atoms with Gasteiger partial charge in [0.05, 0.1) is 13.2 Å². The fourth-order valence-electron chi connectivity index (χ4n) is 1.47. The lowest BCUT2D eigenvalue weighted by atomic mass is 9.84. The number of aliphatic hydroxyl groups is 2. The van der Waals surface area contributed by atoms with E-state index in [0.717, 1.165) is 6.42 Å². The minimum Gasteiger partial charge on any atom is -0.481 e. The molecule has 0 heterocycles. The molecule has 0 aromatic rings. The van der Waals surface area contributed by atoms with Gasteiger partial charge in [-0.2, -0.15) is 0 Å². The highest BCUT2D eigenvalue weighted by molar-refractivity contribution is 5.66. The van der Waals surface area contributed by atoms with Crippen LogP contribution in [-0.4, -0.2) is 34.5 Å². The highest BCUT2D eigenvalue weighted by Gasteiger charge is 2.16. The second-order valence-corrected chi connectivity index (χ2v) is 6.95. The molecule has 4 heteroatoms.